The molecule has 1 aliphatic rings. The smallest absolute Gasteiger partial charge is 0.330 e. The number of H-pyrrole nitrogens is 1. The summed E-state index contributed by atoms with van der Waals surface area (Å²) in [7, 11) is 0. The van der Waals surface area contributed by atoms with Gasteiger partial charge in [0.05, 0.1) is 6.10 Å². The van der Waals surface area contributed by atoms with Crippen molar-refractivity contribution in [1.29, 1.82) is 0 Å². The molecule has 0 aliphatic carbocycles. The highest BCUT2D eigenvalue weighted by molar-refractivity contribution is 5.03. The van der Waals surface area contributed by atoms with Crippen LogP contribution in [0.5, 0.6) is 0 Å². The van der Waals surface area contributed by atoms with Crippen LogP contribution in [0.3, 0.4) is 0 Å². The number of nitrogens with zero attached hydrogens (tertiary/aromatic N) is 1. The van der Waals surface area contributed by atoms with E-state index < -0.39 is 11.2 Å². The van der Waals surface area contributed by atoms with Crippen LogP contribution in [0.25, 0.3) is 0 Å². The second-order valence-corrected chi connectivity index (χ2v) is 4.76. The molecule has 0 radical (unpaired) electrons. The number of hydrogen-bond acceptors (Lipinski definition) is 3. The van der Waals surface area contributed by atoms with E-state index in [1.54, 1.807) is 0 Å². The Kier molecular flexibility index (Phi) is 3.52. The van der Waals surface area contributed by atoms with Crippen molar-refractivity contribution in [1.82, 2.24) is 9.55 Å². The van der Waals surface area contributed by atoms with Gasteiger partial charge in [0.1, 0.15) is 6.23 Å². The van der Waals surface area contributed by atoms with E-state index in [9.17, 15) is 9.59 Å². The van der Waals surface area contributed by atoms with Crippen molar-refractivity contribution in [3.05, 3.63) is 45.3 Å². The number of rotatable bonds is 3. The van der Waals surface area contributed by atoms with E-state index in [0.29, 0.717) is 0 Å². The molecule has 1 aromatic heterocycles. The lowest BCUT2D eigenvalue weighted by molar-refractivity contribution is -0.0120. The zero-order valence-electron chi connectivity index (χ0n) is 10.7. The van der Waals surface area contributed by atoms with Gasteiger partial charge in [0, 0.05) is 18.2 Å². The molecule has 2 heterocycles. The monoisotopic (exact) mass is 250 g/mol. The maximum absolute atomic E-state index is 11.8. The highest BCUT2D eigenvalue weighted by Gasteiger charge is 2.36. The molecule has 98 valence electrons. The van der Waals surface area contributed by atoms with Gasteiger partial charge < -0.3 is 4.74 Å². The third-order valence-corrected chi connectivity index (χ3v) is 3.41. The van der Waals surface area contributed by atoms with Gasteiger partial charge in [0.25, 0.3) is 5.56 Å². The summed E-state index contributed by atoms with van der Waals surface area (Å²) < 4.78 is 7.31. The van der Waals surface area contributed by atoms with Crippen LogP contribution in [0.4, 0.5) is 0 Å². The molecule has 5 nitrogen and oxygen atoms in total. The van der Waals surface area contributed by atoms with Crippen LogP contribution in [-0.2, 0) is 4.74 Å². The van der Waals surface area contributed by atoms with Crippen LogP contribution < -0.4 is 11.2 Å². The zero-order valence-corrected chi connectivity index (χ0v) is 10.7. The second-order valence-electron chi connectivity index (χ2n) is 4.76. The Morgan fingerprint density at radius 3 is 2.89 bits per heavy atom. The molecule has 5 heteroatoms. The van der Waals surface area contributed by atoms with E-state index in [-0.39, 0.29) is 18.2 Å². The lowest BCUT2D eigenvalue weighted by Crippen LogP contribution is -2.33. The molecular formula is C13H18N2O3. The molecule has 1 aliphatic heterocycles. The van der Waals surface area contributed by atoms with Gasteiger partial charge in [-0.2, -0.15) is 0 Å². The van der Waals surface area contributed by atoms with Crippen molar-refractivity contribution in [2.45, 2.75) is 39.0 Å². The quantitative estimate of drug-likeness (QED) is 0.825. The largest absolute Gasteiger partial charge is 0.354 e. The summed E-state index contributed by atoms with van der Waals surface area (Å²) in [5.74, 6) is 0.110. The molecule has 0 saturated carbocycles. The minimum absolute atomic E-state index is 0.110. The van der Waals surface area contributed by atoms with Crippen molar-refractivity contribution in [2.75, 3.05) is 0 Å². The number of nitrogens with one attached hydrogen (secondary N) is 1. The summed E-state index contributed by atoms with van der Waals surface area (Å²) in [6.45, 7) is 7.96. The average molecular weight is 250 g/mol. The molecular weight excluding hydrogens is 232 g/mol. The van der Waals surface area contributed by atoms with E-state index in [1.165, 1.54) is 16.8 Å². The summed E-state index contributed by atoms with van der Waals surface area (Å²) >= 11 is 0. The Bertz CT molecular complexity index is 558. The molecule has 1 saturated heterocycles. The molecule has 0 aromatic carbocycles. The van der Waals surface area contributed by atoms with Crippen molar-refractivity contribution in [3.8, 4) is 0 Å². The van der Waals surface area contributed by atoms with Gasteiger partial charge in [-0.15, -0.1) is 0 Å². The molecule has 2 rings (SSSR count). The molecule has 0 bridgehead atoms. The number of aromatic amines is 1. The lowest BCUT2D eigenvalue weighted by Gasteiger charge is -2.20. The molecule has 3 atom stereocenters. The molecule has 1 N–H and O–H groups in total. The third kappa shape index (κ3) is 2.31. The minimum atomic E-state index is -0.435. The first kappa shape index (κ1) is 12.8. The summed E-state index contributed by atoms with van der Waals surface area (Å²) in [5.41, 5.74) is 0.165. The first-order valence-corrected chi connectivity index (χ1v) is 6.15. The first-order chi connectivity index (χ1) is 8.52. The lowest BCUT2D eigenvalue weighted by atomic mass is 9.95. The fourth-order valence-corrected chi connectivity index (χ4v) is 2.34. The summed E-state index contributed by atoms with van der Waals surface area (Å²) in [4.78, 5) is 25.1. The van der Waals surface area contributed by atoms with E-state index in [4.69, 9.17) is 4.74 Å². The molecule has 3 unspecified atom stereocenters. The Hall–Kier alpha value is -1.62. The molecule has 0 spiro atoms. The summed E-state index contributed by atoms with van der Waals surface area (Å²) in [6.07, 6.45) is 3.02. The van der Waals surface area contributed by atoms with Gasteiger partial charge >= 0.3 is 5.69 Å². The number of aromatic nitrogens is 2. The Balaban J connectivity index is 2.38. The van der Waals surface area contributed by atoms with Crippen LogP contribution in [0.15, 0.2) is 34.0 Å². The van der Waals surface area contributed by atoms with Crippen LogP contribution in [0, 0.1) is 5.92 Å². The van der Waals surface area contributed by atoms with Gasteiger partial charge in [-0.25, -0.2) is 4.79 Å². The standard InChI is InChI=1S/C13H18N2O3/c1-4-9-7-10(8(2)3)12(18-9)15-6-5-11(16)14-13(15)17/h5-6,9-10,12H,2,4,7H2,1,3H3,(H,14,16,17). The van der Waals surface area contributed by atoms with Crippen LogP contribution >= 0.6 is 0 Å². The van der Waals surface area contributed by atoms with Crippen LogP contribution in [0.1, 0.15) is 32.9 Å². The molecule has 0 amide bonds. The number of hydrogen-bond donors (Lipinski definition) is 1. The summed E-state index contributed by atoms with van der Waals surface area (Å²) in [5, 5.41) is 0. The fourth-order valence-electron chi connectivity index (χ4n) is 2.34. The maximum Gasteiger partial charge on any atom is 0.330 e. The van der Waals surface area contributed by atoms with E-state index in [0.717, 1.165) is 18.4 Å². The van der Waals surface area contributed by atoms with Gasteiger partial charge in [-0.3, -0.25) is 14.3 Å². The predicted octanol–water partition coefficient (Wildman–Crippen LogP) is 1.43. The van der Waals surface area contributed by atoms with Crippen LogP contribution in [-0.4, -0.2) is 15.7 Å². The first-order valence-electron chi connectivity index (χ1n) is 6.15. The van der Waals surface area contributed by atoms with Gasteiger partial charge in [0.15, 0.2) is 0 Å². The molecule has 1 fully saturated rings. The van der Waals surface area contributed by atoms with E-state index in [1.807, 2.05) is 6.92 Å². The van der Waals surface area contributed by atoms with E-state index >= 15 is 0 Å². The topological polar surface area (TPSA) is 64.1 Å². The van der Waals surface area contributed by atoms with Crippen molar-refractivity contribution in [3.63, 3.8) is 0 Å². The Morgan fingerprint density at radius 2 is 2.33 bits per heavy atom. The third-order valence-electron chi connectivity index (χ3n) is 3.41. The Labute approximate surface area is 105 Å². The zero-order chi connectivity index (χ0) is 13.3. The molecule has 18 heavy (non-hydrogen) atoms. The highest BCUT2D eigenvalue weighted by Crippen LogP contribution is 2.38. The van der Waals surface area contributed by atoms with Gasteiger partial charge in [-0.1, -0.05) is 19.1 Å². The van der Waals surface area contributed by atoms with Crippen molar-refractivity contribution in [2.24, 2.45) is 5.92 Å². The van der Waals surface area contributed by atoms with Crippen molar-refractivity contribution < 1.29 is 4.74 Å². The Morgan fingerprint density at radius 1 is 1.61 bits per heavy atom. The normalized spacial score (nSPS) is 27.3. The van der Waals surface area contributed by atoms with Crippen molar-refractivity contribution >= 4 is 0 Å². The predicted molar refractivity (Wildman–Crippen MR) is 68.4 cm³/mol. The highest BCUT2D eigenvalue weighted by atomic mass is 16.5. The van der Waals surface area contributed by atoms with Gasteiger partial charge in [0.2, 0.25) is 0 Å². The maximum atomic E-state index is 11.8. The molecule has 1 aromatic rings. The van der Waals surface area contributed by atoms with Gasteiger partial charge in [-0.05, 0) is 19.8 Å². The minimum Gasteiger partial charge on any atom is -0.354 e. The fraction of sp³-hybridized carbons (Fsp3) is 0.538. The average Bonchev–Trinajstić information content (AvgIpc) is 2.73. The SMILES string of the molecule is C=C(C)C1CC(CC)OC1n1ccc(=O)[nH]c1=O. The van der Waals surface area contributed by atoms with Crippen LogP contribution in [0.2, 0.25) is 0 Å². The summed E-state index contributed by atoms with van der Waals surface area (Å²) in [6, 6.07) is 1.33. The number of ether oxygens (including phenoxy) is 1. The second kappa shape index (κ2) is 4.94. The van der Waals surface area contributed by atoms with E-state index in [2.05, 4.69) is 18.5 Å².